The number of nitro groups is 1. The van der Waals surface area contributed by atoms with E-state index >= 15 is 0 Å². The minimum Gasteiger partial charge on any atom is -0.392 e. The average Bonchev–Trinajstić information content (AvgIpc) is 2.27. The predicted molar refractivity (Wildman–Crippen MR) is 74.5 cm³/mol. The first-order valence-corrected chi connectivity index (χ1v) is 6.28. The van der Waals surface area contributed by atoms with Crippen LogP contribution in [0.4, 0.5) is 5.69 Å². The monoisotopic (exact) mass is 364 g/mol. The Kier molecular flexibility index (Phi) is 5.03. The SMILES string of the molecule is CC(O)CN(C)C(=O)c1cc([N+](=O)[O-])ccc1I. The number of carbonyl (C=O) groups excluding carboxylic acids is 1. The highest BCUT2D eigenvalue weighted by Crippen LogP contribution is 2.20. The van der Waals surface area contributed by atoms with Gasteiger partial charge in [0.05, 0.1) is 16.6 Å². The van der Waals surface area contributed by atoms with Crippen LogP contribution in [-0.4, -0.2) is 40.5 Å². The maximum atomic E-state index is 12.1. The Morgan fingerprint density at radius 2 is 2.22 bits per heavy atom. The van der Waals surface area contributed by atoms with Gasteiger partial charge in [-0.15, -0.1) is 0 Å². The number of likely N-dealkylation sites (N-methyl/N-ethyl adjacent to an activating group) is 1. The molecule has 18 heavy (non-hydrogen) atoms. The van der Waals surface area contributed by atoms with Crippen LogP contribution in [0.2, 0.25) is 0 Å². The molecule has 1 rings (SSSR count). The fourth-order valence-electron chi connectivity index (χ4n) is 1.48. The first-order valence-electron chi connectivity index (χ1n) is 5.20. The number of carbonyl (C=O) groups is 1. The minimum absolute atomic E-state index is 0.121. The Morgan fingerprint density at radius 3 is 2.72 bits per heavy atom. The molecule has 0 aliphatic rings. The van der Waals surface area contributed by atoms with Gasteiger partial charge in [-0.1, -0.05) is 0 Å². The van der Waals surface area contributed by atoms with E-state index < -0.39 is 11.0 Å². The van der Waals surface area contributed by atoms with Gasteiger partial charge in [-0.25, -0.2) is 0 Å². The fourth-order valence-corrected chi connectivity index (χ4v) is 2.04. The molecule has 1 aromatic carbocycles. The Hall–Kier alpha value is -1.22. The van der Waals surface area contributed by atoms with Crippen molar-refractivity contribution in [2.75, 3.05) is 13.6 Å². The van der Waals surface area contributed by atoms with Gasteiger partial charge < -0.3 is 10.0 Å². The van der Waals surface area contributed by atoms with Crippen molar-refractivity contribution in [1.82, 2.24) is 4.90 Å². The zero-order chi connectivity index (χ0) is 13.9. The van der Waals surface area contributed by atoms with Crippen molar-refractivity contribution in [2.45, 2.75) is 13.0 Å². The van der Waals surface area contributed by atoms with Crippen LogP contribution in [0, 0.1) is 13.7 Å². The summed E-state index contributed by atoms with van der Waals surface area (Å²) < 4.78 is 0.639. The summed E-state index contributed by atoms with van der Waals surface area (Å²) >= 11 is 1.95. The van der Waals surface area contributed by atoms with Crippen LogP contribution in [0.1, 0.15) is 17.3 Å². The second-order valence-corrected chi connectivity index (χ2v) is 5.12. The lowest BCUT2D eigenvalue weighted by molar-refractivity contribution is -0.384. The molecule has 1 N–H and O–H groups in total. The Balaban J connectivity index is 3.04. The molecule has 6 nitrogen and oxygen atoms in total. The van der Waals surface area contributed by atoms with E-state index in [1.54, 1.807) is 14.0 Å². The number of halogens is 1. The highest BCUT2D eigenvalue weighted by atomic mass is 127. The molecule has 1 aromatic rings. The van der Waals surface area contributed by atoms with E-state index in [4.69, 9.17) is 0 Å². The highest BCUT2D eigenvalue weighted by molar-refractivity contribution is 14.1. The van der Waals surface area contributed by atoms with Crippen molar-refractivity contribution in [1.29, 1.82) is 0 Å². The van der Waals surface area contributed by atoms with Gasteiger partial charge in [-0.2, -0.15) is 0 Å². The van der Waals surface area contributed by atoms with Crippen LogP contribution in [0.3, 0.4) is 0 Å². The molecular weight excluding hydrogens is 351 g/mol. The summed E-state index contributed by atoms with van der Waals surface area (Å²) in [5, 5.41) is 19.9. The van der Waals surface area contributed by atoms with Crippen LogP contribution < -0.4 is 0 Å². The van der Waals surface area contributed by atoms with Gasteiger partial charge in [0.25, 0.3) is 11.6 Å². The third-order valence-electron chi connectivity index (χ3n) is 2.28. The molecule has 0 radical (unpaired) electrons. The van der Waals surface area contributed by atoms with E-state index in [-0.39, 0.29) is 23.7 Å². The summed E-state index contributed by atoms with van der Waals surface area (Å²) in [6.07, 6.45) is -0.643. The van der Waals surface area contributed by atoms with Gasteiger partial charge in [0.1, 0.15) is 0 Å². The predicted octanol–water partition coefficient (Wildman–Crippen LogP) is 1.65. The van der Waals surface area contributed by atoms with Gasteiger partial charge in [-0.05, 0) is 35.6 Å². The second kappa shape index (κ2) is 6.10. The molecule has 1 atom stereocenters. The van der Waals surface area contributed by atoms with Crippen molar-refractivity contribution in [2.24, 2.45) is 0 Å². The van der Waals surface area contributed by atoms with Crippen molar-refractivity contribution in [3.05, 3.63) is 37.4 Å². The Labute approximate surface area is 118 Å². The Morgan fingerprint density at radius 1 is 1.61 bits per heavy atom. The lowest BCUT2D eigenvalue weighted by Crippen LogP contribution is -2.33. The van der Waals surface area contributed by atoms with E-state index in [1.807, 2.05) is 22.6 Å². The van der Waals surface area contributed by atoms with E-state index in [2.05, 4.69) is 0 Å². The summed E-state index contributed by atoms with van der Waals surface area (Å²) in [4.78, 5) is 23.5. The lowest BCUT2D eigenvalue weighted by Gasteiger charge is -2.19. The molecule has 0 fully saturated rings. The number of amides is 1. The van der Waals surface area contributed by atoms with Crippen molar-refractivity contribution < 1.29 is 14.8 Å². The third-order valence-corrected chi connectivity index (χ3v) is 3.22. The highest BCUT2D eigenvalue weighted by Gasteiger charge is 2.19. The summed E-state index contributed by atoms with van der Waals surface area (Å²) in [5.41, 5.74) is 0.150. The standard InChI is InChI=1S/C11H13IN2O4/c1-7(15)6-13(2)11(16)9-5-8(14(17)18)3-4-10(9)12/h3-5,7,15H,6H2,1-2H3. The van der Waals surface area contributed by atoms with Crippen LogP contribution in [0.5, 0.6) is 0 Å². The zero-order valence-corrected chi connectivity index (χ0v) is 12.1. The number of nitro benzene ring substituents is 1. The topological polar surface area (TPSA) is 83.7 Å². The van der Waals surface area contributed by atoms with Gasteiger partial charge in [-0.3, -0.25) is 14.9 Å². The molecule has 0 aliphatic carbocycles. The number of aliphatic hydroxyl groups excluding tert-OH is 1. The summed E-state index contributed by atoms with van der Waals surface area (Å²) in [7, 11) is 1.55. The number of hydrogen-bond donors (Lipinski definition) is 1. The number of hydrogen-bond acceptors (Lipinski definition) is 4. The van der Waals surface area contributed by atoms with E-state index in [9.17, 15) is 20.0 Å². The number of aliphatic hydroxyl groups is 1. The van der Waals surface area contributed by atoms with Crippen LogP contribution >= 0.6 is 22.6 Å². The molecule has 1 amide bonds. The first kappa shape index (κ1) is 14.8. The molecule has 0 saturated carbocycles. The molecule has 0 heterocycles. The van der Waals surface area contributed by atoms with Gasteiger partial charge in [0.2, 0.25) is 0 Å². The normalized spacial score (nSPS) is 12.0. The number of non-ortho nitro benzene ring substituents is 1. The fraction of sp³-hybridized carbons (Fsp3) is 0.364. The van der Waals surface area contributed by atoms with E-state index in [1.165, 1.54) is 23.1 Å². The molecule has 98 valence electrons. The molecule has 0 aromatic heterocycles. The molecule has 0 saturated heterocycles. The van der Waals surface area contributed by atoms with Crippen LogP contribution in [-0.2, 0) is 0 Å². The quantitative estimate of drug-likeness (QED) is 0.500. The number of rotatable bonds is 4. The second-order valence-electron chi connectivity index (χ2n) is 3.96. The van der Waals surface area contributed by atoms with Crippen molar-refractivity contribution in [3.8, 4) is 0 Å². The lowest BCUT2D eigenvalue weighted by atomic mass is 10.1. The molecule has 0 spiro atoms. The van der Waals surface area contributed by atoms with Gasteiger partial charge in [0.15, 0.2) is 0 Å². The smallest absolute Gasteiger partial charge is 0.270 e. The number of nitrogens with zero attached hydrogens (tertiary/aromatic N) is 2. The molecule has 7 heteroatoms. The van der Waals surface area contributed by atoms with Crippen LogP contribution in [0.25, 0.3) is 0 Å². The largest absolute Gasteiger partial charge is 0.392 e. The maximum absolute atomic E-state index is 12.1. The van der Waals surface area contributed by atoms with E-state index in [0.29, 0.717) is 3.57 Å². The van der Waals surface area contributed by atoms with Crippen molar-refractivity contribution >= 4 is 34.2 Å². The van der Waals surface area contributed by atoms with E-state index in [0.717, 1.165) is 0 Å². The van der Waals surface area contributed by atoms with Gasteiger partial charge >= 0.3 is 0 Å². The van der Waals surface area contributed by atoms with Crippen LogP contribution in [0.15, 0.2) is 18.2 Å². The van der Waals surface area contributed by atoms with Crippen molar-refractivity contribution in [3.63, 3.8) is 0 Å². The molecule has 0 aliphatic heterocycles. The summed E-state index contributed by atoms with van der Waals surface area (Å²) in [6.45, 7) is 1.75. The zero-order valence-electron chi connectivity index (χ0n) is 9.96. The molecule has 1 unspecified atom stereocenters. The Bertz CT molecular complexity index is 476. The average molecular weight is 364 g/mol. The summed E-state index contributed by atoms with van der Waals surface area (Å²) in [5.74, 6) is -0.344. The molecule has 0 bridgehead atoms. The number of benzene rings is 1. The minimum atomic E-state index is -0.643. The first-order chi connectivity index (χ1) is 8.32. The third kappa shape index (κ3) is 3.64. The maximum Gasteiger partial charge on any atom is 0.270 e. The summed E-state index contributed by atoms with van der Waals surface area (Å²) in [6, 6.07) is 4.14. The molecular formula is C11H13IN2O4. The van der Waals surface area contributed by atoms with Gasteiger partial charge in [0, 0.05) is 29.3 Å².